The predicted octanol–water partition coefficient (Wildman–Crippen LogP) is 0.759. The molecule has 24 heavy (non-hydrogen) atoms. The van der Waals surface area contributed by atoms with Crippen molar-refractivity contribution >= 4 is 23.3 Å². The number of carbonyl (C=O) groups is 2. The van der Waals surface area contributed by atoms with Gasteiger partial charge in [0.15, 0.2) is 0 Å². The van der Waals surface area contributed by atoms with E-state index < -0.39 is 22.8 Å². The van der Waals surface area contributed by atoms with Crippen LogP contribution >= 0.6 is 0 Å². The summed E-state index contributed by atoms with van der Waals surface area (Å²) in [6.45, 7) is 2.43. The summed E-state index contributed by atoms with van der Waals surface area (Å²) in [5, 5.41) is 31.8. The fraction of sp³-hybridized carbons (Fsp3) is 0.467. The first kappa shape index (κ1) is 17.7. The summed E-state index contributed by atoms with van der Waals surface area (Å²) in [6, 6.07) is 3.01. The number of nitro groups is 1. The highest BCUT2D eigenvalue weighted by molar-refractivity contribution is 6.00. The average Bonchev–Trinajstić information content (AvgIpc) is 2.54. The van der Waals surface area contributed by atoms with Gasteiger partial charge >= 0.3 is 5.97 Å². The molecule has 0 radical (unpaired) electrons. The number of carboxylic acid groups (broad SMARTS) is 1. The van der Waals surface area contributed by atoms with Gasteiger partial charge in [-0.25, -0.2) is 0 Å². The third-order valence-electron chi connectivity index (χ3n) is 3.97. The lowest BCUT2D eigenvalue weighted by Gasteiger charge is -2.31. The second kappa shape index (κ2) is 7.26. The molecule has 1 aliphatic heterocycles. The van der Waals surface area contributed by atoms with Crippen LogP contribution in [0.4, 0.5) is 11.4 Å². The summed E-state index contributed by atoms with van der Waals surface area (Å²) in [5.41, 5.74) is 0.0585. The quantitative estimate of drug-likeness (QED) is 0.533. The first-order chi connectivity index (χ1) is 11.3. The Morgan fingerprint density at radius 2 is 2.00 bits per heavy atom. The topological polar surface area (TPSA) is 133 Å². The summed E-state index contributed by atoms with van der Waals surface area (Å²) in [6.07, 6.45) is 0.793. The number of rotatable bonds is 5. The summed E-state index contributed by atoms with van der Waals surface area (Å²) >= 11 is 0. The number of hydrogen-bond donors (Lipinski definition) is 3. The Kier molecular flexibility index (Phi) is 5.35. The Labute approximate surface area is 138 Å². The van der Waals surface area contributed by atoms with E-state index in [4.69, 9.17) is 5.11 Å². The maximum atomic E-state index is 12.2. The lowest BCUT2D eigenvalue weighted by molar-refractivity contribution is -0.385. The molecule has 130 valence electrons. The van der Waals surface area contributed by atoms with Crippen LogP contribution in [0.2, 0.25) is 0 Å². The van der Waals surface area contributed by atoms with Crippen molar-refractivity contribution in [3.63, 3.8) is 0 Å². The number of benzene rings is 1. The predicted molar refractivity (Wildman–Crippen MR) is 85.1 cm³/mol. The van der Waals surface area contributed by atoms with Gasteiger partial charge in [-0.1, -0.05) is 0 Å². The molecular weight excluding hydrogens is 318 g/mol. The molecule has 1 atom stereocenters. The summed E-state index contributed by atoms with van der Waals surface area (Å²) in [7, 11) is 0. The van der Waals surface area contributed by atoms with Gasteiger partial charge in [-0.3, -0.25) is 19.7 Å². The molecule has 1 aromatic carbocycles. The molecule has 1 aromatic rings. The number of aliphatic carboxylic acids is 1. The molecule has 0 aliphatic carbocycles. The molecule has 0 spiro atoms. The Hall–Kier alpha value is -2.68. The van der Waals surface area contributed by atoms with Crippen LogP contribution in [0.5, 0.6) is 0 Å². The van der Waals surface area contributed by atoms with Gasteiger partial charge in [0.25, 0.3) is 11.6 Å². The van der Waals surface area contributed by atoms with Crippen molar-refractivity contribution in [2.24, 2.45) is 0 Å². The Morgan fingerprint density at radius 3 is 2.54 bits per heavy atom. The highest BCUT2D eigenvalue weighted by atomic mass is 16.6. The standard InChI is InChI=1S/C15H19N3O6/c1-9(15(21)22)16-14(20)12-8-10(2-3-13(12)18(23)24)17-6-4-11(19)5-7-17/h2-3,8-9,11,19H,4-7H2,1H3,(H,16,20)(H,21,22). The largest absolute Gasteiger partial charge is 0.480 e. The van der Waals surface area contributed by atoms with E-state index in [0.717, 1.165) is 0 Å². The molecule has 2 rings (SSSR count). The fourth-order valence-corrected chi connectivity index (χ4v) is 2.52. The Bertz CT molecular complexity index is 655. The zero-order chi connectivity index (χ0) is 17.9. The first-order valence-corrected chi connectivity index (χ1v) is 7.54. The number of anilines is 1. The van der Waals surface area contributed by atoms with Gasteiger partial charge in [-0.05, 0) is 31.9 Å². The van der Waals surface area contributed by atoms with Crippen LogP contribution in [-0.2, 0) is 4.79 Å². The van der Waals surface area contributed by atoms with Gasteiger partial charge in [0.2, 0.25) is 0 Å². The molecule has 1 amide bonds. The lowest BCUT2D eigenvalue weighted by atomic mass is 10.1. The molecule has 0 aromatic heterocycles. The number of hydrogen-bond acceptors (Lipinski definition) is 6. The SMILES string of the molecule is CC(NC(=O)c1cc(N2CCC(O)CC2)ccc1[N+](=O)[O-])C(=O)O. The minimum Gasteiger partial charge on any atom is -0.480 e. The number of carboxylic acids is 1. The lowest BCUT2D eigenvalue weighted by Crippen LogP contribution is -2.39. The third kappa shape index (κ3) is 3.99. The van der Waals surface area contributed by atoms with Crippen LogP contribution < -0.4 is 10.2 Å². The van der Waals surface area contributed by atoms with Crippen LogP contribution in [0, 0.1) is 10.1 Å². The van der Waals surface area contributed by atoms with Crippen molar-refractivity contribution < 1.29 is 24.7 Å². The van der Waals surface area contributed by atoms with Gasteiger partial charge in [-0.2, -0.15) is 0 Å². The van der Waals surface area contributed by atoms with Crippen molar-refractivity contribution in [1.29, 1.82) is 0 Å². The zero-order valence-corrected chi connectivity index (χ0v) is 13.1. The van der Waals surface area contributed by atoms with Crippen LogP contribution in [0.15, 0.2) is 18.2 Å². The zero-order valence-electron chi connectivity index (χ0n) is 13.1. The number of piperidine rings is 1. The van der Waals surface area contributed by atoms with Crippen molar-refractivity contribution in [1.82, 2.24) is 5.32 Å². The van der Waals surface area contributed by atoms with Crippen LogP contribution in [-0.4, -0.2) is 52.2 Å². The number of nitrogens with zero attached hydrogens (tertiary/aromatic N) is 2. The minimum atomic E-state index is -1.23. The number of aliphatic hydroxyl groups excluding tert-OH is 1. The monoisotopic (exact) mass is 337 g/mol. The summed E-state index contributed by atoms with van der Waals surface area (Å²) in [5.74, 6) is -2.04. The smallest absolute Gasteiger partial charge is 0.325 e. The molecule has 1 heterocycles. The van der Waals surface area contributed by atoms with E-state index in [1.54, 1.807) is 6.07 Å². The van der Waals surface area contributed by atoms with Gasteiger partial charge in [-0.15, -0.1) is 0 Å². The Balaban J connectivity index is 2.29. The van der Waals surface area contributed by atoms with Gasteiger partial charge in [0.05, 0.1) is 11.0 Å². The van der Waals surface area contributed by atoms with E-state index in [-0.39, 0.29) is 17.4 Å². The number of nitro benzene ring substituents is 1. The van der Waals surface area contributed by atoms with Crippen LogP contribution in [0.1, 0.15) is 30.1 Å². The van der Waals surface area contributed by atoms with E-state index in [2.05, 4.69) is 5.32 Å². The van der Waals surface area contributed by atoms with E-state index in [0.29, 0.717) is 31.6 Å². The van der Waals surface area contributed by atoms with E-state index in [9.17, 15) is 24.8 Å². The van der Waals surface area contributed by atoms with Crippen molar-refractivity contribution in [3.8, 4) is 0 Å². The minimum absolute atomic E-state index is 0.184. The number of aliphatic hydroxyl groups is 1. The molecule has 0 bridgehead atoms. The normalized spacial score (nSPS) is 16.5. The Morgan fingerprint density at radius 1 is 1.38 bits per heavy atom. The molecule has 3 N–H and O–H groups in total. The van der Waals surface area contributed by atoms with Gasteiger partial charge in [0.1, 0.15) is 11.6 Å². The molecule has 9 heteroatoms. The van der Waals surface area contributed by atoms with Gasteiger partial charge in [0, 0.05) is 24.8 Å². The highest BCUT2D eigenvalue weighted by Gasteiger charge is 2.25. The average molecular weight is 337 g/mol. The van der Waals surface area contributed by atoms with E-state index in [1.165, 1.54) is 19.1 Å². The third-order valence-corrected chi connectivity index (χ3v) is 3.97. The maximum Gasteiger partial charge on any atom is 0.325 e. The van der Waals surface area contributed by atoms with Crippen LogP contribution in [0.3, 0.4) is 0 Å². The van der Waals surface area contributed by atoms with Crippen molar-refractivity contribution in [3.05, 3.63) is 33.9 Å². The second-order valence-corrected chi connectivity index (χ2v) is 5.71. The molecule has 0 saturated carbocycles. The first-order valence-electron chi connectivity index (χ1n) is 7.54. The molecule has 1 aliphatic rings. The molecule has 1 fully saturated rings. The summed E-state index contributed by atoms with van der Waals surface area (Å²) < 4.78 is 0. The highest BCUT2D eigenvalue weighted by Crippen LogP contribution is 2.27. The second-order valence-electron chi connectivity index (χ2n) is 5.71. The number of amides is 1. The van der Waals surface area contributed by atoms with E-state index >= 15 is 0 Å². The molecule has 1 unspecified atom stereocenters. The molecule has 1 saturated heterocycles. The fourth-order valence-electron chi connectivity index (χ4n) is 2.52. The molecule has 9 nitrogen and oxygen atoms in total. The van der Waals surface area contributed by atoms with Crippen molar-refractivity contribution in [2.75, 3.05) is 18.0 Å². The van der Waals surface area contributed by atoms with E-state index in [1.807, 2.05) is 4.90 Å². The molecular formula is C15H19N3O6. The number of nitrogens with one attached hydrogen (secondary N) is 1. The number of carbonyl (C=O) groups excluding carboxylic acids is 1. The maximum absolute atomic E-state index is 12.2. The van der Waals surface area contributed by atoms with Crippen molar-refractivity contribution in [2.45, 2.75) is 31.9 Å². The van der Waals surface area contributed by atoms with Gasteiger partial charge < -0.3 is 20.4 Å². The summed E-state index contributed by atoms with van der Waals surface area (Å²) in [4.78, 5) is 35.5. The van der Waals surface area contributed by atoms with Crippen LogP contribution in [0.25, 0.3) is 0 Å².